The highest BCUT2D eigenvalue weighted by Crippen LogP contribution is 2.17. The first kappa shape index (κ1) is 15.6. The van der Waals surface area contributed by atoms with Crippen molar-refractivity contribution in [1.29, 1.82) is 0 Å². The molecular formula is C16H19N3O4. The number of rotatable bonds is 5. The summed E-state index contributed by atoms with van der Waals surface area (Å²) in [5, 5.41) is 8.00. The van der Waals surface area contributed by atoms with Gasteiger partial charge in [-0.15, -0.1) is 5.10 Å². The van der Waals surface area contributed by atoms with Crippen LogP contribution in [0.25, 0.3) is 5.69 Å². The minimum Gasteiger partial charge on any atom is -0.465 e. The van der Waals surface area contributed by atoms with E-state index in [1.54, 1.807) is 29.1 Å². The number of esters is 1. The van der Waals surface area contributed by atoms with Crippen molar-refractivity contribution < 1.29 is 19.0 Å². The lowest BCUT2D eigenvalue weighted by molar-refractivity contribution is -0.169. The zero-order valence-electron chi connectivity index (χ0n) is 13.0. The van der Waals surface area contributed by atoms with Gasteiger partial charge in [-0.3, -0.25) is 0 Å². The van der Waals surface area contributed by atoms with Gasteiger partial charge >= 0.3 is 5.97 Å². The highest BCUT2D eigenvalue weighted by atomic mass is 16.7. The summed E-state index contributed by atoms with van der Waals surface area (Å²) in [7, 11) is 1.36. The number of carbonyl (C=O) groups excluding carboxylic acids is 1. The molecule has 0 saturated carbocycles. The van der Waals surface area contributed by atoms with Gasteiger partial charge in [0.25, 0.3) is 0 Å². The Morgan fingerprint density at radius 1 is 1.43 bits per heavy atom. The second-order valence-corrected chi connectivity index (χ2v) is 5.29. The Bertz CT molecular complexity index is 665. The van der Waals surface area contributed by atoms with Gasteiger partial charge in [0.1, 0.15) is 0 Å². The largest absolute Gasteiger partial charge is 0.465 e. The lowest BCUT2D eigenvalue weighted by atomic mass is 10.2. The number of carbonyl (C=O) groups is 1. The fourth-order valence-electron chi connectivity index (χ4n) is 2.48. The number of hydrogen-bond acceptors (Lipinski definition) is 6. The monoisotopic (exact) mass is 317 g/mol. The number of nitrogens with zero attached hydrogens (tertiary/aromatic N) is 3. The van der Waals surface area contributed by atoms with Gasteiger partial charge in [-0.2, -0.15) is 0 Å². The Labute approximate surface area is 134 Å². The van der Waals surface area contributed by atoms with Crippen molar-refractivity contribution in [3.8, 4) is 5.69 Å². The smallest absolute Gasteiger partial charge is 0.337 e. The third-order valence-corrected chi connectivity index (χ3v) is 3.69. The van der Waals surface area contributed by atoms with Crippen molar-refractivity contribution in [2.75, 3.05) is 13.7 Å². The lowest BCUT2D eigenvalue weighted by Crippen LogP contribution is -2.22. The third-order valence-electron chi connectivity index (χ3n) is 3.69. The predicted molar refractivity (Wildman–Crippen MR) is 81.1 cm³/mol. The van der Waals surface area contributed by atoms with Crippen LogP contribution in [0.5, 0.6) is 0 Å². The Balaban J connectivity index is 1.73. The van der Waals surface area contributed by atoms with E-state index in [0.717, 1.165) is 37.3 Å². The average molecular weight is 317 g/mol. The van der Waals surface area contributed by atoms with Crippen LogP contribution in [-0.4, -0.2) is 41.0 Å². The van der Waals surface area contributed by atoms with E-state index in [1.165, 1.54) is 7.11 Å². The molecule has 0 aliphatic carbocycles. The van der Waals surface area contributed by atoms with Crippen molar-refractivity contribution >= 4 is 5.97 Å². The van der Waals surface area contributed by atoms with Crippen LogP contribution in [0.1, 0.15) is 35.3 Å². The summed E-state index contributed by atoms with van der Waals surface area (Å²) in [6, 6.07) is 7.03. The molecule has 23 heavy (non-hydrogen) atoms. The number of aromatic nitrogens is 3. The molecule has 1 aliphatic heterocycles. The van der Waals surface area contributed by atoms with Crippen molar-refractivity contribution in [3.63, 3.8) is 0 Å². The summed E-state index contributed by atoms with van der Waals surface area (Å²) in [5.74, 6) is -0.389. The van der Waals surface area contributed by atoms with E-state index in [4.69, 9.17) is 14.2 Å². The highest BCUT2D eigenvalue weighted by molar-refractivity contribution is 5.89. The minimum atomic E-state index is -0.389. The molecule has 1 aromatic carbocycles. The summed E-state index contributed by atoms with van der Waals surface area (Å²) < 4.78 is 17.7. The quantitative estimate of drug-likeness (QED) is 0.786. The summed E-state index contributed by atoms with van der Waals surface area (Å²) in [5.41, 5.74) is 1.98. The number of methoxy groups -OCH3 is 1. The first-order valence-corrected chi connectivity index (χ1v) is 7.59. The Morgan fingerprint density at radius 3 is 3.13 bits per heavy atom. The first-order chi connectivity index (χ1) is 11.3. The number of hydrogen-bond donors (Lipinski definition) is 0. The number of ether oxygens (including phenoxy) is 3. The van der Waals surface area contributed by atoms with Crippen LogP contribution < -0.4 is 0 Å². The first-order valence-electron chi connectivity index (χ1n) is 7.59. The predicted octanol–water partition coefficient (Wildman–Crippen LogP) is 2.10. The molecule has 1 unspecified atom stereocenters. The zero-order chi connectivity index (χ0) is 16.1. The Kier molecular flexibility index (Phi) is 4.99. The Hall–Kier alpha value is -2.25. The molecule has 2 aromatic rings. The van der Waals surface area contributed by atoms with E-state index in [1.807, 2.05) is 6.07 Å². The highest BCUT2D eigenvalue weighted by Gasteiger charge is 2.16. The van der Waals surface area contributed by atoms with Crippen LogP contribution >= 0.6 is 0 Å². The van der Waals surface area contributed by atoms with Gasteiger partial charge in [-0.25, -0.2) is 9.48 Å². The second kappa shape index (κ2) is 7.34. The molecule has 3 rings (SSSR count). The van der Waals surface area contributed by atoms with E-state index >= 15 is 0 Å². The molecule has 0 N–H and O–H groups in total. The maximum absolute atomic E-state index is 11.6. The van der Waals surface area contributed by atoms with E-state index in [-0.39, 0.29) is 12.3 Å². The van der Waals surface area contributed by atoms with Gasteiger partial charge in [0.05, 0.1) is 36.9 Å². The molecule has 1 fully saturated rings. The summed E-state index contributed by atoms with van der Waals surface area (Å²) >= 11 is 0. The van der Waals surface area contributed by atoms with Crippen LogP contribution in [0.4, 0.5) is 0 Å². The van der Waals surface area contributed by atoms with E-state index < -0.39 is 0 Å². The molecule has 7 heteroatoms. The number of benzene rings is 1. The fourth-order valence-corrected chi connectivity index (χ4v) is 2.48. The van der Waals surface area contributed by atoms with Gasteiger partial charge in [-0.05, 0) is 37.5 Å². The van der Waals surface area contributed by atoms with Crippen molar-refractivity contribution in [2.45, 2.75) is 32.2 Å². The average Bonchev–Trinajstić information content (AvgIpc) is 3.09. The van der Waals surface area contributed by atoms with Crippen molar-refractivity contribution in [3.05, 3.63) is 41.7 Å². The summed E-state index contributed by atoms with van der Waals surface area (Å²) in [4.78, 5) is 11.6. The molecule has 1 aliphatic rings. The standard InChI is InChI=1S/C16H19N3O4/c1-21-16(20)12-5-4-6-13(9-12)19-14(10-17-18-19)11-23-15-7-2-3-8-22-15/h4-6,9-10,15H,2-3,7-8,11H2,1H3. The van der Waals surface area contributed by atoms with Gasteiger partial charge in [-0.1, -0.05) is 11.3 Å². The maximum Gasteiger partial charge on any atom is 0.337 e. The van der Waals surface area contributed by atoms with Crippen LogP contribution in [0.3, 0.4) is 0 Å². The molecule has 0 radical (unpaired) electrons. The van der Waals surface area contributed by atoms with Crippen LogP contribution in [0.15, 0.2) is 30.5 Å². The molecule has 1 saturated heterocycles. The molecule has 0 bridgehead atoms. The van der Waals surface area contributed by atoms with Crippen LogP contribution in [-0.2, 0) is 20.8 Å². The van der Waals surface area contributed by atoms with Crippen LogP contribution in [0, 0.1) is 0 Å². The molecular weight excluding hydrogens is 298 g/mol. The molecule has 122 valence electrons. The molecule has 7 nitrogen and oxygen atoms in total. The van der Waals surface area contributed by atoms with Gasteiger partial charge in [0, 0.05) is 6.61 Å². The minimum absolute atomic E-state index is 0.173. The SMILES string of the molecule is COC(=O)c1cccc(-n2nncc2COC2CCCCO2)c1. The lowest BCUT2D eigenvalue weighted by Gasteiger charge is -2.22. The van der Waals surface area contributed by atoms with Gasteiger partial charge in [0.2, 0.25) is 0 Å². The molecule has 0 spiro atoms. The molecule has 0 amide bonds. The molecule has 1 atom stereocenters. The van der Waals surface area contributed by atoms with Gasteiger partial charge in [0.15, 0.2) is 6.29 Å². The zero-order valence-corrected chi connectivity index (χ0v) is 13.0. The normalized spacial score (nSPS) is 17.9. The van der Waals surface area contributed by atoms with E-state index in [2.05, 4.69) is 10.3 Å². The van der Waals surface area contributed by atoms with E-state index in [9.17, 15) is 4.79 Å². The molecule has 2 heterocycles. The maximum atomic E-state index is 11.6. The van der Waals surface area contributed by atoms with Crippen molar-refractivity contribution in [2.24, 2.45) is 0 Å². The topological polar surface area (TPSA) is 75.5 Å². The molecule has 1 aromatic heterocycles. The van der Waals surface area contributed by atoms with Crippen molar-refractivity contribution in [1.82, 2.24) is 15.0 Å². The van der Waals surface area contributed by atoms with Crippen LogP contribution in [0.2, 0.25) is 0 Å². The van der Waals surface area contributed by atoms with E-state index in [0.29, 0.717) is 12.2 Å². The summed E-state index contributed by atoms with van der Waals surface area (Å²) in [6.45, 7) is 1.09. The summed E-state index contributed by atoms with van der Waals surface area (Å²) in [6.07, 6.45) is 4.57. The fraction of sp³-hybridized carbons (Fsp3) is 0.438. The Morgan fingerprint density at radius 2 is 2.35 bits per heavy atom. The van der Waals surface area contributed by atoms with Gasteiger partial charge < -0.3 is 14.2 Å². The second-order valence-electron chi connectivity index (χ2n) is 5.29. The third kappa shape index (κ3) is 3.75.